The number of rotatable bonds is 9. The first-order valence-electron chi connectivity index (χ1n) is 9.43. The van der Waals surface area contributed by atoms with E-state index >= 15 is 0 Å². The molecule has 1 rings (SSSR count). The van der Waals surface area contributed by atoms with Crippen LogP contribution in [0, 0.1) is 13.8 Å². The van der Waals surface area contributed by atoms with Gasteiger partial charge in [-0.1, -0.05) is 17.7 Å². The zero-order valence-corrected chi connectivity index (χ0v) is 18.3. The van der Waals surface area contributed by atoms with Gasteiger partial charge in [0.2, 0.25) is 6.10 Å². The molecule has 0 aliphatic heterocycles. The number of aryl methyl sites for hydroxylation is 2. The molecular weight excluding hydrogens is 410 g/mol. The number of ether oxygens (including phenoxy) is 4. The van der Waals surface area contributed by atoms with Gasteiger partial charge in [-0.25, -0.2) is 0 Å². The molecule has 1 aromatic rings. The zero-order chi connectivity index (χ0) is 23.7. The summed E-state index contributed by atoms with van der Waals surface area (Å²) < 4.78 is 20.3. The van der Waals surface area contributed by atoms with Gasteiger partial charge < -0.3 is 24.3 Å². The number of benzene rings is 1. The van der Waals surface area contributed by atoms with Gasteiger partial charge in [0, 0.05) is 33.4 Å². The van der Waals surface area contributed by atoms with E-state index in [1.54, 1.807) is 19.1 Å². The lowest BCUT2D eigenvalue weighted by molar-refractivity contribution is -0.190. The largest absolute Gasteiger partial charge is 0.462 e. The Morgan fingerprint density at radius 2 is 1.42 bits per heavy atom. The minimum absolute atomic E-state index is 0.443. The highest BCUT2D eigenvalue weighted by atomic mass is 16.6. The molecule has 0 bridgehead atoms. The Balaban J connectivity index is 3.32. The van der Waals surface area contributed by atoms with Crippen LogP contribution in [0.4, 0.5) is 5.69 Å². The first kappa shape index (κ1) is 25.6. The number of hydrogen-bond donors (Lipinski definition) is 1. The zero-order valence-electron chi connectivity index (χ0n) is 18.3. The van der Waals surface area contributed by atoms with Crippen molar-refractivity contribution in [2.24, 2.45) is 0 Å². The van der Waals surface area contributed by atoms with Crippen molar-refractivity contribution in [3.8, 4) is 0 Å². The van der Waals surface area contributed by atoms with Gasteiger partial charge in [0.1, 0.15) is 6.61 Å². The van der Waals surface area contributed by atoms with E-state index in [2.05, 4.69) is 5.32 Å². The van der Waals surface area contributed by atoms with Crippen LogP contribution in [0.1, 0.15) is 38.8 Å². The molecule has 0 aromatic heterocycles. The SMILES string of the molecule is CC(=O)OC[C@H](OC(C)=O)[C@H](OC(C)=O)[C@@H](OC(C)=O)C(=O)Nc1ccc(C)cc1C. The summed E-state index contributed by atoms with van der Waals surface area (Å²) >= 11 is 0. The summed E-state index contributed by atoms with van der Waals surface area (Å²) in [6.45, 7) is 7.47. The van der Waals surface area contributed by atoms with Crippen LogP contribution < -0.4 is 5.32 Å². The van der Waals surface area contributed by atoms with Crippen LogP contribution >= 0.6 is 0 Å². The number of carbonyl (C=O) groups is 5. The van der Waals surface area contributed by atoms with E-state index in [1.165, 1.54) is 0 Å². The van der Waals surface area contributed by atoms with Gasteiger partial charge in [-0.05, 0) is 25.5 Å². The van der Waals surface area contributed by atoms with Crippen LogP contribution in [0.5, 0.6) is 0 Å². The van der Waals surface area contributed by atoms with Gasteiger partial charge in [0.15, 0.2) is 12.2 Å². The van der Waals surface area contributed by atoms with Crippen LogP contribution in [0.3, 0.4) is 0 Å². The van der Waals surface area contributed by atoms with E-state index in [1.807, 2.05) is 13.0 Å². The third kappa shape index (κ3) is 8.85. The monoisotopic (exact) mass is 437 g/mol. The average molecular weight is 437 g/mol. The molecule has 0 aliphatic rings. The molecule has 0 aliphatic carbocycles. The van der Waals surface area contributed by atoms with Gasteiger partial charge in [-0.3, -0.25) is 24.0 Å². The van der Waals surface area contributed by atoms with Gasteiger partial charge in [-0.15, -0.1) is 0 Å². The normalized spacial score (nSPS) is 13.2. The Bertz CT molecular complexity index is 849. The summed E-state index contributed by atoms with van der Waals surface area (Å²) in [5.41, 5.74) is 2.16. The highest BCUT2D eigenvalue weighted by Gasteiger charge is 2.42. The van der Waals surface area contributed by atoms with Crippen LogP contribution in [0.2, 0.25) is 0 Å². The van der Waals surface area contributed by atoms with Crippen molar-refractivity contribution in [3.63, 3.8) is 0 Å². The summed E-state index contributed by atoms with van der Waals surface area (Å²) in [4.78, 5) is 59.2. The van der Waals surface area contributed by atoms with Crippen molar-refractivity contribution < 1.29 is 42.9 Å². The van der Waals surface area contributed by atoms with Crippen LogP contribution in [-0.2, 0) is 42.9 Å². The second-order valence-corrected chi connectivity index (χ2v) is 6.86. The number of nitrogens with one attached hydrogen (secondary N) is 1. The average Bonchev–Trinajstić information content (AvgIpc) is 2.63. The Morgan fingerprint density at radius 1 is 0.839 bits per heavy atom. The number of carbonyl (C=O) groups excluding carboxylic acids is 5. The number of anilines is 1. The lowest BCUT2D eigenvalue weighted by Crippen LogP contribution is -2.52. The third-order valence-electron chi connectivity index (χ3n) is 3.93. The highest BCUT2D eigenvalue weighted by molar-refractivity contribution is 5.96. The minimum atomic E-state index is -1.69. The van der Waals surface area contributed by atoms with Gasteiger partial charge in [0.25, 0.3) is 5.91 Å². The predicted octanol–water partition coefficient (Wildman–Crippen LogP) is 1.60. The topological polar surface area (TPSA) is 134 Å². The van der Waals surface area contributed by atoms with Crippen molar-refractivity contribution in [3.05, 3.63) is 29.3 Å². The molecule has 0 radical (unpaired) electrons. The molecular formula is C21H27NO9. The summed E-state index contributed by atoms with van der Waals surface area (Å²) in [6, 6.07) is 5.27. The second-order valence-electron chi connectivity index (χ2n) is 6.86. The first-order valence-corrected chi connectivity index (χ1v) is 9.43. The maximum Gasteiger partial charge on any atom is 0.303 e. The van der Waals surface area contributed by atoms with E-state index in [9.17, 15) is 24.0 Å². The Hall–Kier alpha value is -3.43. The maximum absolute atomic E-state index is 13.0. The lowest BCUT2D eigenvalue weighted by Gasteiger charge is -2.31. The van der Waals surface area contributed by atoms with E-state index < -0.39 is 54.7 Å². The molecule has 0 saturated heterocycles. The molecule has 1 amide bonds. The summed E-state index contributed by atoms with van der Waals surface area (Å²) in [7, 11) is 0. The molecule has 1 aromatic carbocycles. The van der Waals surface area contributed by atoms with Gasteiger partial charge >= 0.3 is 23.9 Å². The summed E-state index contributed by atoms with van der Waals surface area (Å²) in [5, 5.41) is 2.61. The van der Waals surface area contributed by atoms with E-state index in [0.717, 1.165) is 38.8 Å². The van der Waals surface area contributed by atoms with E-state index in [0.29, 0.717) is 5.69 Å². The molecule has 31 heavy (non-hydrogen) atoms. The van der Waals surface area contributed by atoms with Crippen molar-refractivity contribution in [2.75, 3.05) is 11.9 Å². The van der Waals surface area contributed by atoms with Crippen LogP contribution in [0.15, 0.2) is 18.2 Å². The molecule has 0 saturated carbocycles. The van der Waals surface area contributed by atoms with Crippen molar-refractivity contribution in [2.45, 2.75) is 59.9 Å². The molecule has 0 fully saturated rings. The fraction of sp³-hybridized carbons (Fsp3) is 0.476. The van der Waals surface area contributed by atoms with Crippen molar-refractivity contribution in [1.82, 2.24) is 0 Å². The molecule has 0 unspecified atom stereocenters. The Morgan fingerprint density at radius 3 is 1.90 bits per heavy atom. The van der Waals surface area contributed by atoms with Crippen LogP contribution in [0.25, 0.3) is 0 Å². The molecule has 1 N–H and O–H groups in total. The fourth-order valence-electron chi connectivity index (χ4n) is 2.74. The summed E-state index contributed by atoms with van der Waals surface area (Å²) in [6.07, 6.45) is -4.67. The van der Waals surface area contributed by atoms with Crippen molar-refractivity contribution >= 4 is 35.5 Å². The molecule has 3 atom stereocenters. The smallest absolute Gasteiger partial charge is 0.303 e. The number of esters is 4. The quantitative estimate of drug-likeness (QED) is 0.451. The summed E-state index contributed by atoms with van der Waals surface area (Å²) in [5.74, 6) is -3.98. The number of hydrogen-bond acceptors (Lipinski definition) is 9. The van der Waals surface area contributed by atoms with E-state index in [-0.39, 0.29) is 0 Å². The van der Waals surface area contributed by atoms with E-state index in [4.69, 9.17) is 18.9 Å². The maximum atomic E-state index is 13.0. The van der Waals surface area contributed by atoms with Gasteiger partial charge in [0.05, 0.1) is 0 Å². The predicted molar refractivity (Wildman–Crippen MR) is 108 cm³/mol. The molecule has 10 nitrogen and oxygen atoms in total. The number of amides is 1. The fourth-order valence-corrected chi connectivity index (χ4v) is 2.74. The Kier molecular flexibility index (Phi) is 9.65. The lowest BCUT2D eigenvalue weighted by atomic mass is 10.1. The highest BCUT2D eigenvalue weighted by Crippen LogP contribution is 2.20. The molecule has 0 spiro atoms. The standard InChI is InChI=1S/C21H27NO9/c1-11-7-8-17(12(2)9-11)22-21(27)20(31-16(6)26)19(30-15(5)25)18(29-14(4)24)10-28-13(3)23/h7-9,18-20H,10H2,1-6H3,(H,22,27)/t18-,19-,20+/m0/s1. The van der Waals surface area contributed by atoms with Gasteiger partial charge in [-0.2, -0.15) is 0 Å². The molecule has 10 heteroatoms. The molecule has 170 valence electrons. The Labute approximate surface area is 180 Å². The first-order chi connectivity index (χ1) is 14.4. The molecule has 0 heterocycles. The third-order valence-corrected chi connectivity index (χ3v) is 3.93. The second kappa shape index (κ2) is 11.7. The van der Waals surface area contributed by atoms with Crippen molar-refractivity contribution in [1.29, 1.82) is 0 Å². The van der Waals surface area contributed by atoms with Crippen LogP contribution in [-0.4, -0.2) is 54.7 Å². The minimum Gasteiger partial charge on any atom is -0.462 e.